The van der Waals surface area contributed by atoms with Crippen molar-refractivity contribution in [3.05, 3.63) is 34.2 Å². The third kappa shape index (κ3) is 1.57. The van der Waals surface area contributed by atoms with E-state index >= 15 is 0 Å². The summed E-state index contributed by atoms with van der Waals surface area (Å²) in [5.74, 6) is -3.34. The summed E-state index contributed by atoms with van der Waals surface area (Å²) in [6, 6.07) is 0.851. The third-order valence-corrected chi connectivity index (χ3v) is 2.79. The van der Waals surface area contributed by atoms with E-state index < -0.39 is 21.9 Å². The molecule has 0 aliphatic heterocycles. The van der Waals surface area contributed by atoms with Crippen molar-refractivity contribution in [3.63, 3.8) is 0 Å². The van der Waals surface area contributed by atoms with E-state index in [4.69, 9.17) is 5.73 Å². The van der Waals surface area contributed by atoms with Gasteiger partial charge in [-0.05, 0) is 22.0 Å². The molecule has 0 unspecified atom stereocenters. The lowest BCUT2D eigenvalue weighted by atomic mass is 10.1. The van der Waals surface area contributed by atoms with Crippen LogP contribution < -0.4 is 5.73 Å². The third-order valence-electron chi connectivity index (χ3n) is 2.06. The van der Waals surface area contributed by atoms with Crippen LogP contribution in [0.2, 0.25) is 0 Å². The van der Waals surface area contributed by atoms with E-state index in [-0.39, 0.29) is 16.9 Å². The van der Waals surface area contributed by atoms with E-state index in [1.165, 1.54) is 6.20 Å². The zero-order valence-electron chi connectivity index (χ0n) is 7.69. The Hall–Kier alpha value is -1.50. The summed E-state index contributed by atoms with van der Waals surface area (Å²) in [7, 11) is 0. The van der Waals surface area contributed by atoms with Crippen LogP contribution in [-0.2, 0) is 0 Å². The van der Waals surface area contributed by atoms with Gasteiger partial charge in [0.15, 0.2) is 11.6 Å². The molecular formula is C9H5BrF3N3. The fourth-order valence-electron chi connectivity index (χ4n) is 1.28. The van der Waals surface area contributed by atoms with Gasteiger partial charge in [0.25, 0.3) is 0 Å². The summed E-state index contributed by atoms with van der Waals surface area (Å²) in [6.07, 6.45) is 1.19. The standard InChI is InChI=1S/C9H5BrF3N3/c10-6-5(11)1-3(7(12)8(6)13)4-2-15-16-9(4)14/h1-2H,(H3,14,15,16). The van der Waals surface area contributed by atoms with Crippen molar-refractivity contribution in [1.82, 2.24) is 10.2 Å². The maximum Gasteiger partial charge on any atom is 0.176 e. The van der Waals surface area contributed by atoms with Gasteiger partial charge >= 0.3 is 0 Å². The summed E-state index contributed by atoms with van der Waals surface area (Å²) in [5, 5.41) is 5.90. The number of H-pyrrole nitrogens is 1. The van der Waals surface area contributed by atoms with Gasteiger partial charge in [0, 0.05) is 11.1 Å². The number of hydrogen-bond donors (Lipinski definition) is 2. The molecule has 16 heavy (non-hydrogen) atoms. The number of rotatable bonds is 1. The highest BCUT2D eigenvalue weighted by molar-refractivity contribution is 9.10. The van der Waals surface area contributed by atoms with Crippen molar-refractivity contribution in [2.24, 2.45) is 0 Å². The molecule has 84 valence electrons. The predicted molar refractivity (Wildman–Crippen MR) is 56.0 cm³/mol. The lowest BCUT2D eigenvalue weighted by Crippen LogP contribution is -1.96. The SMILES string of the molecule is Nc1[nH]ncc1-c1cc(F)c(Br)c(F)c1F. The largest absolute Gasteiger partial charge is 0.384 e. The molecular weight excluding hydrogens is 287 g/mol. The second-order valence-corrected chi connectivity index (χ2v) is 3.84. The molecule has 0 aliphatic rings. The Kier molecular flexibility index (Phi) is 2.63. The first-order valence-electron chi connectivity index (χ1n) is 4.14. The second kappa shape index (κ2) is 3.82. The van der Waals surface area contributed by atoms with Crippen LogP contribution in [0, 0.1) is 17.5 Å². The maximum absolute atomic E-state index is 13.5. The first-order valence-corrected chi connectivity index (χ1v) is 4.94. The molecule has 7 heteroatoms. The van der Waals surface area contributed by atoms with Crippen molar-refractivity contribution in [1.29, 1.82) is 0 Å². The molecule has 0 atom stereocenters. The van der Waals surface area contributed by atoms with Crippen LogP contribution >= 0.6 is 15.9 Å². The van der Waals surface area contributed by atoms with Crippen LogP contribution in [0.5, 0.6) is 0 Å². The molecule has 2 aromatic rings. The Morgan fingerprint density at radius 2 is 1.88 bits per heavy atom. The molecule has 0 amide bonds. The molecule has 0 radical (unpaired) electrons. The van der Waals surface area contributed by atoms with Crippen molar-refractivity contribution in [3.8, 4) is 11.1 Å². The zero-order valence-corrected chi connectivity index (χ0v) is 9.28. The van der Waals surface area contributed by atoms with E-state index in [1.807, 2.05) is 0 Å². The fraction of sp³-hybridized carbons (Fsp3) is 0. The normalized spacial score (nSPS) is 10.8. The Morgan fingerprint density at radius 1 is 1.19 bits per heavy atom. The smallest absolute Gasteiger partial charge is 0.176 e. The maximum atomic E-state index is 13.5. The van der Waals surface area contributed by atoms with Crippen molar-refractivity contribution >= 4 is 21.7 Å². The number of aromatic nitrogens is 2. The molecule has 0 saturated heterocycles. The second-order valence-electron chi connectivity index (χ2n) is 3.05. The molecule has 3 N–H and O–H groups in total. The minimum atomic E-state index is -1.30. The minimum absolute atomic E-state index is 0.0417. The van der Waals surface area contributed by atoms with Crippen LogP contribution in [0.1, 0.15) is 0 Å². The van der Waals surface area contributed by atoms with E-state index in [0.29, 0.717) is 0 Å². The molecule has 0 fully saturated rings. The first kappa shape index (κ1) is 11.0. The van der Waals surface area contributed by atoms with Crippen LogP contribution in [0.25, 0.3) is 11.1 Å². The lowest BCUT2D eigenvalue weighted by Gasteiger charge is -2.05. The van der Waals surface area contributed by atoms with Crippen molar-refractivity contribution < 1.29 is 13.2 Å². The highest BCUT2D eigenvalue weighted by atomic mass is 79.9. The summed E-state index contributed by atoms with van der Waals surface area (Å²) in [6.45, 7) is 0. The van der Waals surface area contributed by atoms with Gasteiger partial charge in [-0.2, -0.15) is 5.10 Å². The average Bonchev–Trinajstić information content (AvgIpc) is 2.67. The van der Waals surface area contributed by atoms with Crippen LogP contribution in [-0.4, -0.2) is 10.2 Å². The van der Waals surface area contributed by atoms with Gasteiger partial charge in [-0.15, -0.1) is 0 Å². The highest BCUT2D eigenvalue weighted by Gasteiger charge is 2.19. The summed E-state index contributed by atoms with van der Waals surface area (Å²) in [5.41, 5.74) is 5.28. The summed E-state index contributed by atoms with van der Waals surface area (Å²) < 4.78 is 39.4. The highest BCUT2D eigenvalue weighted by Crippen LogP contribution is 2.32. The number of halogens is 4. The topological polar surface area (TPSA) is 54.7 Å². The first-order chi connectivity index (χ1) is 7.52. The fourth-order valence-corrected chi connectivity index (χ4v) is 1.57. The quantitative estimate of drug-likeness (QED) is 0.627. The monoisotopic (exact) mass is 291 g/mol. The van der Waals surface area contributed by atoms with E-state index in [1.54, 1.807) is 0 Å². The van der Waals surface area contributed by atoms with Crippen LogP contribution in [0.4, 0.5) is 19.0 Å². The number of aromatic amines is 1. The molecule has 1 aromatic carbocycles. The molecule has 1 aromatic heterocycles. The molecule has 0 aliphatic carbocycles. The number of nitrogens with zero attached hydrogens (tertiary/aromatic N) is 1. The predicted octanol–water partition coefficient (Wildman–Crippen LogP) is 2.84. The number of nitrogens with two attached hydrogens (primary N) is 1. The number of benzene rings is 1. The summed E-state index contributed by atoms with van der Waals surface area (Å²) in [4.78, 5) is 0. The van der Waals surface area contributed by atoms with Crippen molar-refractivity contribution in [2.75, 3.05) is 5.73 Å². The van der Waals surface area contributed by atoms with Gasteiger partial charge in [0.1, 0.15) is 11.6 Å². The van der Waals surface area contributed by atoms with E-state index in [0.717, 1.165) is 6.07 Å². The van der Waals surface area contributed by atoms with Gasteiger partial charge in [-0.25, -0.2) is 13.2 Å². The van der Waals surface area contributed by atoms with Gasteiger partial charge in [-0.3, -0.25) is 5.10 Å². The Morgan fingerprint density at radius 3 is 2.44 bits per heavy atom. The van der Waals surface area contributed by atoms with Crippen LogP contribution in [0.15, 0.2) is 16.7 Å². The lowest BCUT2D eigenvalue weighted by molar-refractivity contribution is 0.490. The molecule has 0 saturated carbocycles. The minimum Gasteiger partial charge on any atom is -0.384 e. The molecule has 0 bridgehead atoms. The number of anilines is 1. The molecule has 1 heterocycles. The molecule has 2 rings (SSSR count). The number of nitrogen functional groups attached to an aromatic ring is 1. The van der Waals surface area contributed by atoms with E-state index in [9.17, 15) is 13.2 Å². The summed E-state index contributed by atoms with van der Waals surface area (Å²) >= 11 is 2.60. The van der Waals surface area contributed by atoms with Crippen molar-refractivity contribution in [2.45, 2.75) is 0 Å². The Bertz CT molecular complexity index is 553. The van der Waals surface area contributed by atoms with Gasteiger partial charge in [0.2, 0.25) is 0 Å². The number of hydrogen-bond acceptors (Lipinski definition) is 2. The number of nitrogens with one attached hydrogen (secondary N) is 1. The van der Waals surface area contributed by atoms with Crippen LogP contribution in [0.3, 0.4) is 0 Å². The van der Waals surface area contributed by atoms with E-state index in [2.05, 4.69) is 26.1 Å². The van der Waals surface area contributed by atoms with Gasteiger partial charge in [0.05, 0.1) is 10.7 Å². The zero-order chi connectivity index (χ0) is 11.9. The Balaban J connectivity index is 2.72. The van der Waals surface area contributed by atoms with Gasteiger partial charge < -0.3 is 5.73 Å². The molecule has 0 spiro atoms. The Labute approximate surface area is 96.6 Å². The molecule has 3 nitrogen and oxygen atoms in total. The average molecular weight is 292 g/mol. The van der Waals surface area contributed by atoms with Gasteiger partial charge in [-0.1, -0.05) is 0 Å².